The number of Topliss-reactive ketones (excluding diaryl/α,β-unsaturated/α-hetero) is 1. The minimum atomic E-state index is -0.315. The number of ketones is 1. The van der Waals surface area contributed by atoms with Gasteiger partial charge in [0.25, 0.3) is 0 Å². The minimum absolute atomic E-state index is 0.0199. The van der Waals surface area contributed by atoms with Gasteiger partial charge in [-0.15, -0.1) is 0 Å². The van der Waals surface area contributed by atoms with Gasteiger partial charge in [-0.25, -0.2) is 4.79 Å². The number of carbonyl (C=O) groups is 3. The molecule has 2 aromatic rings. The lowest BCUT2D eigenvalue weighted by atomic mass is 9.99. The van der Waals surface area contributed by atoms with Crippen LogP contribution in [0.25, 0.3) is 0 Å². The number of piperidine rings is 1. The molecule has 0 atom stereocenters. The summed E-state index contributed by atoms with van der Waals surface area (Å²) in [7, 11) is 0. The van der Waals surface area contributed by atoms with Crippen molar-refractivity contribution in [1.82, 2.24) is 9.80 Å². The van der Waals surface area contributed by atoms with E-state index < -0.39 is 0 Å². The number of likely N-dealkylation sites (tertiary alicyclic amines) is 1. The van der Waals surface area contributed by atoms with Gasteiger partial charge in [-0.05, 0) is 55.0 Å². The number of hydrogen-bond acceptors (Lipinski definition) is 8. The molecule has 0 radical (unpaired) electrons. The van der Waals surface area contributed by atoms with Crippen LogP contribution in [0.2, 0.25) is 0 Å². The molecule has 4 rings (SSSR count). The Balaban J connectivity index is 1.12. The zero-order valence-electron chi connectivity index (χ0n) is 22.7. The van der Waals surface area contributed by atoms with Gasteiger partial charge in [-0.2, -0.15) is 0 Å². The van der Waals surface area contributed by atoms with Crippen LogP contribution in [0, 0.1) is 0 Å². The molecular formula is C30H39N3O6. The molecule has 2 aromatic carbocycles. The Morgan fingerprint density at radius 3 is 2.54 bits per heavy atom. The average molecular weight is 538 g/mol. The summed E-state index contributed by atoms with van der Waals surface area (Å²) in [6.07, 6.45) is 2.33. The van der Waals surface area contributed by atoms with Gasteiger partial charge in [-0.3, -0.25) is 14.5 Å². The van der Waals surface area contributed by atoms with E-state index in [2.05, 4.69) is 22.3 Å². The molecule has 2 heterocycles. The average Bonchev–Trinajstić information content (AvgIpc) is 2.97. The van der Waals surface area contributed by atoms with Crippen molar-refractivity contribution in [3.63, 3.8) is 0 Å². The Labute approximate surface area is 230 Å². The summed E-state index contributed by atoms with van der Waals surface area (Å²) in [5.74, 6) is -0.181. The third kappa shape index (κ3) is 9.07. The van der Waals surface area contributed by atoms with Gasteiger partial charge in [0.1, 0.15) is 13.2 Å². The number of ether oxygens (including phenoxy) is 3. The van der Waals surface area contributed by atoms with Crippen molar-refractivity contribution in [2.75, 3.05) is 51.3 Å². The lowest BCUT2D eigenvalue weighted by molar-refractivity contribution is -0.143. The number of nitrogens with zero attached hydrogens (tertiary/aromatic N) is 2. The van der Waals surface area contributed by atoms with Gasteiger partial charge in [0.05, 0.1) is 25.7 Å². The minimum Gasteiger partial charge on any atom is -0.466 e. The number of anilines is 1. The lowest BCUT2D eigenvalue weighted by Gasteiger charge is -2.31. The fraction of sp³-hybridized carbons (Fsp3) is 0.500. The molecule has 9 heteroatoms. The third-order valence-corrected chi connectivity index (χ3v) is 7.11. The molecule has 0 unspecified atom stereocenters. The molecule has 2 aliphatic heterocycles. The number of hydrogen-bond donors (Lipinski definition) is 1. The molecule has 0 bridgehead atoms. The second-order valence-corrected chi connectivity index (χ2v) is 9.99. The zero-order valence-corrected chi connectivity index (χ0v) is 22.7. The van der Waals surface area contributed by atoms with Crippen LogP contribution in [0.1, 0.15) is 42.9 Å². The predicted octanol–water partition coefficient (Wildman–Crippen LogP) is 3.80. The summed E-state index contributed by atoms with van der Waals surface area (Å²) in [5, 5.41) is 3.22. The van der Waals surface area contributed by atoms with Gasteiger partial charge in [0.15, 0.2) is 5.78 Å². The van der Waals surface area contributed by atoms with E-state index in [1.807, 2.05) is 43.3 Å². The molecule has 39 heavy (non-hydrogen) atoms. The van der Waals surface area contributed by atoms with Crippen molar-refractivity contribution >= 4 is 23.5 Å². The van der Waals surface area contributed by atoms with E-state index >= 15 is 0 Å². The van der Waals surface area contributed by atoms with Crippen LogP contribution in [-0.4, -0.2) is 79.7 Å². The van der Waals surface area contributed by atoms with Crippen molar-refractivity contribution in [1.29, 1.82) is 0 Å². The van der Waals surface area contributed by atoms with Crippen LogP contribution in [0.4, 0.5) is 10.5 Å². The van der Waals surface area contributed by atoms with Gasteiger partial charge in [0, 0.05) is 38.4 Å². The van der Waals surface area contributed by atoms with Crippen LogP contribution in [-0.2, 0) is 43.4 Å². The number of nitrogens with one attached hydrogen (secondary N) is 1. The molecule has 1 N–H and O–H groups in total. The number of esters is 1. The van der Waals surface area contributed by atoms with E-state index in [4.69, 9.17) is 14.2 Å². The Morgan fingerprint density at radius 1 is 0.974 bits per heavy atom. The van der Waals surface area contributed by atoms with E-state index in [1.54, 1.807) is 4.90 Å². The van der Waals surface area contributed by atoms with Crippen molar-refractivity contribution in [3.8, 4) is 0 Å². The fourth-order valence-electron chi connectivity index (χ4n) is 4.88. The van der Waals surface area contributed by atoms with Crippen LogP contribution in [0.15, 0.2) is 48.5 Å². The fourth-order valence-corrected chi connectivity index (χ4v) is 4.88. The Morgan fingerprint density at radius 2 is 1.77 bits per heavy atom. The summed E-state index contributed by atoms with van der Waals surface area (Å²) in [4.78, 5) is 40.4. The zero-order chi connectivity index (χ0) is 27.5. The molecule has 0 aromatic heterocycles. The summed E-state index contributed by atoms with van der Waals surface area (Å²) in [6, 6.07) is 15.8. The highest BCUT2D eigenvalue weighted by Gasteiger charge is 2.25. The normalized spacial score (nSPS) is 15.9. The first-order valence-electron chi connectivity index (χ1n) is 13.8. The molecule has 0 saturated carbocycles. The SMILES string of the molecule is CCOC(=O)CCN1CCc2ccc(NCC(=O)COC3CCN(C(=O)OCc4ccccc4)CC3)cc2C1. The van der Waals surface area contributed by atoms with E-state index in [9.17, 15) is 14.4 Å². The van der Waals surface area contributed by atoms with E-state index in [-0.39, 0.29) is 43.7 Å². The number of amides is 1. The van der Waals surface area contributed by atoms with Crippen molar-refractivity contribution in [3.05, 3.63) is 65.2 Å². The monoisotopic (exact) mass is 537 g/mol. The number of rotatable bonds is 12. The van der Waals surface area contributed by atoms with Crippen molar-refractivity contribution in [2.24, 2.45) is 0 Å². The smallest absolute Gasteiger partial charge is 0.410 e. The highest BCUT2D eigenvalue weighted by Crippen LogP contribution is 2.23. The summed E-state index contributed by atoms with van der Waals surface area (Å²) >= 11 is 0. The largest absolute Gasteiger partial charge is 0.466 e. The van der Waals surface area contributed by atoms with Gasteiger partial charge in [-0.1, -0.05) is 36.4 Å². The lowest BCUT2D eigenvalue weighted by Crippen LogP contribution is -2.41. The molecule has 1 saturated heterocycles. The molecule has 9 nitrogen and oxygen atoms in total. The maximum Gasteiger partial charge on any atom is 0.410 e. The van der Waals surface area contributed by atoms with Crippen LogP contribution < -0.4 is 5.32 Å². The topological polar surface area (TPSA) is 97.4 Å². The van der Waals surface area contributed by atoms with Crippen LogP contribution in [0.3, 0.4) is 0 Å². The quantitative estimate of drug-likeness (QED) is 0.409. The molecule has 0 aliphatic carbocycles. The highest BCUT2D eigenvalue weighted by molar-refractivity contribution is 5.84. The Kier molecular flexibility index (Phi) is 10.7. The van der Waals surface area contributed by atoms with Crippen molar-refractivity contribution in [2.45, 2.75) is 51.9 Å². The molecule has 2 aliphatic rings. The molecule has 0 spiro atoms. The second kappa shape index (κ2) is 14.6. The summed E-state index contributed by atoms with van der Waals surface area (Å²) in [6.45, 7) is 6.20. The molecule has 1 fully saturated rings. The first kappa shape index (κ1) is 28.6. The molecule has 1 amide bonds. The van der Waals surface area contributed by atoms with Crippen molar-refractivity contribution < 1.29 is 28.6 Å². The molecule has 210 valence electrons. The Hall–Kier alpha value is -3.43. The summed E-state index contributed by atoms with van der Waals surface area (Å²) < 4.78 is 16.3. The standard InChI is InChI=1S/C30H39N3O6/c1-2-37-29(35)13-15-32-14-10-24-8-9-26(18-25(24)20-32)31-19-27(34)22-38-28-11-16-33(17-12-28)30(36)39-21-23-6-4-3-5-7-23/h3-9,18,28,31H,2,10-17,19-22H2,1H3. The first-order chi connectivity index (χ1) is 19.0. The van der Waals surface area contributed by atoms with Crippen LogP contribution >= 0.6 is 0 Å². The van der Waals surface area contributed by atoms with Gasteiger partial charge in [0.2, 0.25) is 0 Å². The first-order valence-corrected chi connectivity index (χ1v) is 13.8. The van der Waals surface area contributed by atoms with E-state index in [1.165, 1.54) is 11.1 Å². The predicted molar refractivity (Wildman–Crippen MR) is 147 cm³/mol. The highest BCUT2D eigenvalue weighted by atomic mass is 16.6. The number of carbonyl (C=O) groups excluding carboxylic acids is 3. The second-order valence-electron chi connectivity index (χ2n) is 9.99. The van der Waals surface area contributed by atoms with Crippen LogP contribution in [0.5, 0.6) is 0 Å². The van der Waals surface area contributed by atoms with Gasteiger partial charge >= 0.3 is 12.1 Å². The summed E-state index contributed by atoms with van der Waals surface area (Å²) in [5.41, 5.74) is 4.38. The number of benzene rings is 2. The van der Waals surface area contributed by atoms with Gasteiger partial charge < -0.3 is 24.4 Å². The third-order valence-electron chi connectivity index (χ3n) is 7.11. The van der Waals surface area contributed by atoms with E-state index in [0.29, 0.717) is 45.5 Å². The Bertz CT molecular complexity index is 1100. The maximum atomic E-state index is 12.5. The number of fused-ring (bicyclic) bond motifs is 1. The maximum absolute atomic E-state index is 12.5. The van der Waals surface area contributed by atoms with E-state index in [0.717, 1.165) is 30.8 Å². The molecular weight excluding hydrogens is 498 g/mol.